The molecule has 0 aliphatic heterocycles. The van der Waals surface area contributed by atoms with Gasteiger partial charge in [-0.1, -0.05) is 42.5 Å². The molecule has 0 saturated heterocycles. The standard InChI is InChI=1S/C13H13FO/c14-10-15-8-7-11-5-6-12-3-1-2-4-13(12)9-11/h1-6,9H,7-8,10H2. The minimum absolute atomic E-state index is 0.439. The van der Waals surface area contributed by atoms with Crippen molar-refractivity contribution in [2.45, 2.75) is 6.42 Å². The van der Waals surface area contributed by atoms with Crippen LogP contribution in [0.15, 0.2) is 42.5 Å². The third kappa shape index (κ3) is 2.54. The summed E-state index contributed by atoms with van der Waals surface area (Å²) < 4.78 is 16.4. The van der Waals surface area contributed by atoms with Crippen molar-refractivity contribution in [3.63, 3.8) is 0 Å². The van der Waals surface area contributed by atoms with E-state index in [9.17, 15) is 4.39 Å². The molecule has 0 radical (unpaired) electrons. The van der Waals surface area contributed by atoms with Gasteiger partial charge in [0.1, 0.15) is 0 Å². The van der Waals surface area contributed by atoms with Crippen LogP contribution in [0.1, 0.15) is 5.56 Å². The number of halogens is 1. The van der Waals surface area contributed by atoms with Gasteiger partial charge in [0.25, 0.3) is 0 Å². The van der Waals surface area contributed by atoms with Crippen LogP contribution in [0, 0.1) is 0 Å². The molecule has 0 aliphatic carbocycles. The molecule has 1 nitrogen and oxygen atoms in total. The third-order valence-corrected chi connectivity index (χ3v) is 2.43. The van der Waals surface area contributed by atoms with Gasteiger partial charge >= 0.3 is 0 Å². The van der Waals surface area contributed by atoms with Crippen LogP contribution in [-0.2, 0) is 11.2 Å². The number of hydrogen-bond donors (Lipinski definition) is 0. The van der Waals surface area contributed by atoms with Crippen LogP contribution in [0.4, 0.5) is 4.39 Å². The predicted molar refractivity (Wildman–Crippen MR) is 59.6 cm³/mol. The summed E-state index contributed by atoms with van der Waals surface area (Å²) in [6.45, 7) is -0.261. The number of benzene rings is 2. The Morgan fingerprint density at radius 2 is 1.80 bits per heavy atom. The second-order valence-electron chi connectivity index (χ2n) is 3.45. The fraction of sp³-hybridized carbons (Fsp3) is 0.231. The van der Waals surface area contributed by atoms with E-state index in [1.54, 1.807) is 0 Å². The van der Waals surface area contributed by atoms with Crippen molar-refractivity contribution in [2.24, 2.45) is 0 Å². The van der Waals surface area contributed by atoms with E-state index in [-0.39, 0.29) is 0 Å². The van der Waals surface area contributed by atoms with Crippen molar-refractivity contribution in [1.29, 1.82) is 0 Å². The predicted octanol–water partition coefficient (Wildman–Crippen LogP) is 3.33. The van der Waals surface area contributed by atoms with Gasteiger partial charge in [-0.05, 0) is 22.8 Å². The van der Waals surface area contributed by atoms with Crippen LogP contribution in [-0.4, -0.2) is 13.5 Å². The summed E-state index contributed by atoms with van der Waals surface area (Å²) in [5, 5.41) is 2.45. The van der Waals surface area contributed by atoms with Gasteiger partial charge in [0, 0.05) is 0 Å². The van der Waals surface area contributed by atoms with Crippen LogP contribution in [0.5, 0.6) is 0 Å². The number of alkyl halides is 1. The molecule has 0 unspecified atom stereocenters. The van der Waals surface area contributed by atoms with E-state index in [4.69, 9.17) is 0 Å². The summed E-state index contributed by atoms with van der Waals surface area (Å²) in [4.78, 5) is 0. The van der Waals surface area contributed by atoms with E-state index in [0.29, 0.717) is 6.61 Å². The van der Waals surface area contributed by atoms with Gasteiger partial charge < -0.3 is 4.74 Å². The van der Waals surface area contributed by atoms with Crippen molar-refractivity contribution in [3.8, 4) is 0 Å². The molecule has 0 heterocycles. The van der Waals surface area contributed by atoms with E-state index in [2.05, 4.69) is 35.1 Å². The summed E-state index contributed by atoms with van der Waals surface area (Å²) in [6.07, 6.45) is 0.759. The maximum absolute atomic E-state index is 11.7. The molecule has 2 rings (SSSR count). The van der Waals surface area contributed by atoms with E-state index >= 15 is 0 Å². The highest BCUT2D eigenvalue weighted by molar-refractivity contribution is 5.82. The Morgan fingerprint density at radius 3 is 2.60 bits per heavy atom. The van der Waals surface area contributed by atoms with Gasteiger partial charge in [0.05, 0.1) is 6.61 Å². The van der Waals surface area contributed by atoms with Crippen molar-refractivity contribution in [1.82, 2.24) is 0 Å². The molecular formula is C13H13FO. The summed E-state index contributed by atoms with van der Waals surface area (Å²) in [7, 11) is 0. The minimum Gasteiger partial charge on any atom is -0.350 e. The zero-order chi connectivity index (χ0) is 10.5. The highest BCUT2D eigenvalue weighted by Gasteiger charge is 1.96. The number of hydrogen-bond acceptors (Lipinski definition) is 1. The van der Waals surface area contributed by atoms with E-state index in [1.807, 2.05) is 12.1 Å². The average Bonchev–Trinajstić information content (AvgIpc) is 2.29. The van der Waals surface area contributed by atoms with Gasteiger partial charge in [-0.15, -0.1) is 0 Å². The van der Waals surface area contributed by atoms with Crippen LogP contribution >= 0.6 is 0 Å². The summed E-state index contributed by atoms with van der Waals surface area (Å²) >= 11 is 0. The van der Waals surface area contributed by atoms with Gasteiger partial charge in [-0.25, -0.2) is 4.39 Å². The minimum atomic E-state index is -0.701. The Hall–Kier alpha value is -1.41. The lowest BCUT2D eigenvalue weighted by atomic mass is 10.1. The Bertz CT molecular complexity index is 439. The lowest BCUT2D eigenvalue weighted by Crippen LogP contribution is -1.96. The van der Waals surface area contributed by atoms with Crippen LogP contribution < -0.4 is 0 Å². The zero-order valence-corrected chi connectivity index (χ0v) is 8.45. The molecule has 78 valence electrons. The molecule has 0 bridgehead atoms. The van der Waals surface area contributed by atoms with Gasteiger partial charge in [-0.2, -0.15) is 0 Å². The number of rotatable bonds is 4. The Kier molecular flexibility index (Phi) is 3.30. The molecule has 2 aromatic rings. The summed E-state index contributed by atoms with van der Waals surface area (Å²) in [6, 6.07) is 14.5. The van der Waals surface area contributed by atoms with Gasteiger partial charge in [-0.3, -0.25) is 0 Å². The summed E-state index contributed by atoms with van der Waals surface area (Å²) in [5.74, 6) is 0. The van der Waals surface area contributed by atoms with E-state index < -0.39 is 6.86 Å². The highest BCUT2D eigenvalue weighted by Crippen LogP contribution is 2.15. The topological polar surface area (TPSA) is 9.23 Å². The number of fused-ring (bicyclic) bond motifs is 1. The maximum Gasteiger partial charge on any atom is 0.188 e. The molecule has 0 saturated carbocycles. The molecule has 2 heteroatoms. The van der Waals surface area contributed by atoms with E-state index in [1.165, 1.54) is 16.3 Å². The lowest BCUT2D eigenvalue weighted by molar-refractivity contribution is 0.0601. The Morgan fingerprint density at radius 1 is 1.00 bits per heavy atom. The quantitative estimate of drug-likeness (QED) is 0.694. The number of ether oxygens (including phenoxy) is 1. The molecule has 0 N–H and O–H groups in total. The van der Waals surface area contributed by atoms with Crippen LogP contribution in [0.25, 0.3) is 10.8 Å². The molecule has 15 heavy (non-hydrogen) atoms. The molecule has 0 atom stereocenters. The second-order valence-corrected chi connectivity index (χ2v) is 3.45. The van der Waals surface area contributed by atoms with Crippen molar-refractivity contribution in [3.05, 3.63) is 48.0 Å². The fourth-order valence-corrected chi connectivity index (χ4v) is 1.64. The third-order valence-electron chi connectivity index (χ3n) is 2.43. The molecule has 0 aliphatic rings. The first-order chi connectivity index (χ1) is 7.40. The normalized spacial score (nSPS) is 10.7. The van der Waals surface area contributed by atoms with Crippen molar-refractivity contribution < 1.29 is 9.13 Å². The van der Waals surface area contributed by atoms with Crippen LogP contribution in [0.2, 0.25) is 0 Å². The highest BCUT2D eigenvalue weighted by atomic mass is 19.1. The van der Waals surface area contributed by atoms with E-state index in [0.717, 1.165) is 6.42 Å². The maximum atomic E-state index is 11.7. The van der Waals surface area contributed by atoms with Gasteiger partial charge in [0.15, 0.2) is 6.86 Å². The molecule has 0 fully saturated rings. The average molecular weight is 204 g/mol. The lowest BCUT2D eigenvalue weighted by Gasteiger charge is -2.03. The fourth-order valence-electron chi connectivity index (χ4n) is 1.64. The van der Waals surface area contributed by atoms with Crippen LogP contribution in [0.3, 0.4) is 0 Å². The molecule has 0 aromatic heterocycles. The van der Waals surface area contributed by atoms with Crippen molar-refractivity contribution >= 4 is 10.8 Å². The zero-order valence-electron chi connectivity index (χ0n) is 8.45. The second kappa shape index (κ2) is 4.89. The first-order valence-electron chi connectivity index (χ1n) is 5.01. The molecule has 0 spiro atoms. The monoisotopic (exact) mass is 204 g/mol. The SMILES string of the molecule is FCOCCc1ccc2ccccc2c1. The smallest absolute Gasteiger partial charge is 0.188 e. The molecular weight excluding hydrogens is 191 g/mol. The Labute approximate surface area is 88.5 Å². The largest absolute Gasteiger partial charge is 0.350 e. The molecule has 2 aromatic carbocycles. The Balaban J connectivity index is 2.16. The summed E-state index contributed by atoms with van der Waals surface area (Å²) in [5.41, 5.74) is 1.18. The first kappa shape index (κ1) is 10.1. The first-order valence-corrected chi connectivity index (χ1v) is 5.01. The van der Waals surface area contributed by atoms with Gasteiger partial charge in [0.2, 0.25) is 0 Å². The molecule has 0 amide bonds. The van der Waals surface area contributed by atoms with Crippen molar-refractivity contribution in [2.75, 3.05) is 13.5 Å².